The van der Waals surface area contributed by atoms with E-state index in [4.69, 9.17) is 0 Å². The number of rotatable bonds is 3. The van der Waals surface area contributed by atoms with Crippen molar-refractivity contribution in [3.05, 3.63) is 35.9 Å². The highest BCUT2D eigenvalue weighted by molar-refractivity contribution is 7.88. The first-order valence-electron chi connectivity index (χ1n) is 10.4. The Hall–Kier alpha value is -2.13. The van der Waals surface area contributed by atoms with Gasteiger partial charge in [-0.25, -0.2) is 17.5 Å². The topological polar surface area (TPSA) is 81.2 Å². The number of hydrogen-bond acceptors (Lipinski definition) is 4. The number of benzene rings is 1. The van der Waals surface area contributed by atoms with Crippen LogP contribution < -0.4 is 0 Å². The number of urea groups is 1. The minimum Gasteiger partial charge on any atom is -0.339 e. The summed E-state index contributed by atoms with van der Waals surface area (Å²) in [6.45, 7) is 1.80. The van der Waals surface area contributed by atoms with Crippen molar-refractivity contribution in [3.63, 3.8) is 0 Å². The van der Waals surface area contributed by atoms with Crippen LogP contribution in [0.15, 0.2) is 30.3 Å². The Morgan fingerprint density at radius 2 is 1.77 bits per heavy atom. The predicted molar refractivity (Wildman–Crippen MR) is 113 cm³/mol. The minimum atomic E-state index is -3.41. The maximum atomic E-state index is 13.0. The molecule has 0 N–H and O–H groups in total. The smallest absolute Gasteiger partial charge is 0.319 e. The first-order chi connectivity index (χ1) is 14.2. The fourth-order valence-corrected chi connectivity index (χ4v) is 7.02. The molecule has 1 aromatic rings. The monoisotopic (exact) mass is 434 g/mol. The van der Waals surface area contributed by atoms with Gasteiger partial charge >= 0.3 is 6.03 Å². The number of nitrogens with zero attached hydrogens (tertiary/aromatic N) is 4. The number of hydrogen-bond donors (Lipinski definition) is 0. The number of piperidine rings is 1. The van der Waals surface area contributed by atoms with E-state index in [1.165, 1.54) is 0 Å². The Morgan fingerprint density at radius 3 is 2.37 bits per heavy atom. The molecule has 3 amide bonds. The molecular weight excluding hydrogens is 404 g/mol. The van der Waals surface area contributed by atoms with Crippen molar-refractivity contribution in [1.82, 2.24) is 19.0 Å². The molecule has 3 aliphatic heterocycles. The van der Waals surface area contributed by atoms with Crippen LogP contribution in [0.1, 0.15) is 18.4 Å². The van der Waals surface area contributed by atoms with Gasteiger partial charge in [0.25, 0.3) is 0 Å². The second kappa shape index (κ2) is 7.53. The van der Waals surface area contributed by atoms with Crippen LogP contribution in [-0.4, -0.2) is 92.2 Å². The summed E-state index contributed by atoms with van der Waals surface area (Å²) in [6.07, 6.45) is 1.21. The van der Waals surface area contributed by atoms with Crippen molar-refractivity contribution in [3.8, 4) is 0 Å². The summed E-state index contributed by atoms with van der Waals surface area (Å²) < 4.78 is 27.4. The fourth-order valence-electron chi connectivity index (χ4n) is 5.49. The van der Waals surface area contributed by atoms with Gasteiger partial charge in [-0.1, -0.05) is 30.3 Å². The zero-order valence-corrected chi connectivity index (χ0v) is 18.6. The van der Waals surface area contributed by atoms with Gasteiger partial charge in [-0.3, -0.25) is 4.79 Å². The van der Waals surface area contributed by atoms with Crippen LogP contribution in [0.25, 0.3) is 0 Å². The van der Waals surface area contributed by atoms with E-state index in [0.29, 0.717) is 39.0 Å². The first kappa shape index (κ1) is 21.1. The largest absolute Gasteiger partial charge is 0.339 e. The Kier molecular flexibility index (Phi) is 5.30. The Morgan fingerprint density at radius 1 is 1.13 bits per heavy atom. The van der Waals surface area contributed by atoms with E-state index in [0.717, 1.165) is 5.56 Å². The average Bonchev–Trinajstić information content (AvgIpc) is 3.24. The zero-order valence-electron chi connectivity index (χ0n) is 17.8. The van der Waals surface area contributed by atoms with Gasteiger partial charge in [-0.2, -0.15) is 0 Å². The summed E-state index contributed by atoms with van der Waals surface area (Å²) in [6, 6.07) is 9.14. The molecule has 9 heteroatoms. The number of fused-ring (bicyclic) bond motifs is 2. The summed E-state index contributed by atoms with van der Waals surface area (Å²) in [5.41, 5.74) is 0.404. The number of likely N-dealkylation sites (tertiary alicyclic amines) is 2. The lowest BCUT2D eigenvalue weighted by Gasteiger charge is -2.46. The van der Waals surface area contributed by atoms with Gasteiger partial charge in [-0.05, 0) is 18.4 Å². The van der Waals surface area contributed by atoms with Crippen molar-refractivity contribution in [2.24, 2.45) is 11.8 Å². The molecule has 3 heterocycles. The number of carbonyl (C=O) groups is 2. The van der Waals surface area contributed by atoms with E-state index in [9.17, 15) is 18.0 Å². The zero-order chi connectivity index (χ0) is 21.7. The van der Waals surface area contributed by atoms with Crippen molar-refractivity contribution >= 4 is 22.0 Å². The van der Waals surface area contributed by atoms with Crippen molar-refractivity contribution in [2.75, 3.05) is 47.3 Å². The molecule has 1 aromatic carbocycles. The molecule has 0 saturated carbocycles. The molecule has 3 fully saturated rings. The lowest BCUT2D eigenvalue weighted by Crippen LogP contribution is -2.57. The summed E-state index contributed by atoms with van der Waals surface area (Å²) in [5, 5.41) is 0. The summed E-state index contributed by atoms with van der Waals surface area (Å²) >= 11 is 0. The van der Waals surface area contributed by atoms with E-state index in [1.54, 1.807) is 28.2 Å². The summed E-state index contributed by atoms with van der Waals surface area (Å²) in [7, 11) is 1.86. The number of sulfonamides is 1. The minimum absolute atomic E-state index is 0.00716. The maximum absolute atomic E-state index is 13.0. The van der Waals surface area contributed by atoms with Crippen LogP contribution in [0.2, 0.25) is 0 Å². The Balaban J connectivity index is 1.49. The lowest BCUT2D eigenvalue weighted by atomic mass is 9.75. The molecule has 0 radical (unpaired) electrons. The van der Waals surface area contributed by atoms with Crippen LogP contribution in [0.4, 0.5) is 4.79 Å². The second-order valence-electron chi connectivity index (χ2n) is 8.94. The molecule has 30 heavy (non-hydrogen) atoms. The van der Waals surface area contributed by atoms with E-state index in [-0.39, 0.29) is 35.1 Å². The molecule has 0 aliphatic carbocycles. The third kappa shape index (κ3) is 3.37. The van der Waals surface area contributed by atoms with Gasteiger partial charge in [0.15, 0.2) is 0 Å². The average molecular weight is 435 g/mol. The second-order valence-corrected chi connectivity index (χ2v) is 10.9. The van der Waals surface area contributed by atoms with E-state index >= 15 is 0 Å². The van der Waals surface area contributed by atoms with Gasteiger partial charge in [0.1, 0.15) is 0 Å². The molecule has 0 aromatic heterocycles. The van der Waals surface area contributed by atoms with Gasteiger partial charge < -0.3 is 14.7 Å². The highest BCUT2D eigenvalue weighted by Gasteiger charge is 2.61. The van der Waals surface area contributed by atoms with Crippen LogP contribution in [-0.2, 0) is 20.6 Å². The standard InChI is InChI=1S/C21H30N4O4S/c1-22(2)20(27)24-13-17-18(14-24)21(23(3)19(17)26)9-11-25(12-10-21)30(28,29)15-16-7-5-4-6-8-16/h4-8,17-18H,9-15H2,1-3H3/t17-,18-/m0/s1. The Labute approximate surface area is 178 Å². The van der Waals surface area contributed by atoms with Gasteiger partial charge in [0.2, 0.25) is 15.9 Å². The van der Waals surface area contributed by atoms with Crippen molar-refractivity contribution in [2.45, 2.75) is 24.1 Å². The molecule has 4 rings (SSSR count). The predicted octanol–water partition coefficient (Wildman–Crippen LogP) is 1.05. The maximum Gasteiger partial charge on any atom is 0.319 e. The van der Waals surface area contributed by atoms with Crippen LogP contribution in [0, 0.1) is 11.8 Å². The number of carbonyl (C=O) groups excluding carboxylic acids is 2. The molecule has 0 unspecified atom stereocenters. The molecule has 8 nitrogen and oxygen atoms in total. The third-order valence-electron chi connectivity index (χ3n) is 7.15. The fraction of sp³-hybridized carbons (Fsp3) is 0.619. The van der Waals surface area contributed by atoms with Gasteiger partial charge in [-0.15, -0.1) is 0 Å². The number of amides is 3. The van der Waals surface area contributed by atoms with Crippen molar-refractivity contribution < 1.29 is 18.0 Å². The molecule has 2 atom stereocenters. The van der Waals surface area contributed by atoms with E-state index < -0.39 is 10.0 Å². The summed E-state index contributed by atoms with van der Waals surface area (Å²) in [4.78, 5) is 30.5. The SMILES string of the molecule is CN(C)C(=O)N1C[C@@H]2C(=O)N(C)C3(CCN(S(=O)(=O)Cc4ccccc4)CC3)[C@H]2C1. The summed E-state index contributed by atoms with van der Waals surface area (Å²) in [5.74, 6) is -0.0637. The molecule has 3 aliphatic rings. The van der Waals surface area contributed by atoms with Gasteiger partial charge in [0, 0.05) is 53.2 Å². The first-order valence-corrected chi connectivity index (χ1v) is 12.0. The van der Waals surface area contributed by atoms with Crippen LogP contribution in [0.5, 0.6) is 0 Å². The van der Waals surface area contributed by atoms with Gasteiger partial charge in [0.05, 0.1) is 17.2 Å². The van der Waals surface area contributed by atoms with Crippen LogP contribution in [0.3, 0.4) is 0 Å². The highest BCUT2D eigenvalue weighted by atomic mass is 32.2. The highest BCUT2D eigenvalue weighted by Crippen LogP contribution is 2.49. The van der Waals surface area contributed by atoms with Crippen LogP contribution >= 0.6 is 0 Å². The molecular formula is C21H30N4O4S. The normalized spacial score (nSPS) is 26.3. The van der Waals surface area contributed by atoms with E-state index in [1.807, 2.05) is 42.3 Å². The third-order valence-corrected chi connectivity index (χ3v) is 9.00. The van der Waals surface area contributed by atoms with E-state index in [2.05, 4.69) is 0 Å². The van der Waals surface area contributed by atoms with Crippen molar-refractivity contribution in [1.29, 1.82) is 0 Å². The molecule has 3 saturated heterocycles. The lowest BCUT2D eigenvalue weighted by molar-refractivity contribution is -0.133. The molecule has 0 bridgehead atoms. The Bertz CT molecular complexity index is 926. The molecule has 164 valence electrons. The quantitative estimate of drug-likeness (QED) is 0.712. The molecule has 1 spiro atoms.